The van der Waals surface area contributed by atoms with Crippen LogP contribution < -0.4 is 9.62 Å². The van der Waals surface area contributed by atoms with Crippen LogP contribution in [-0.4, -0.2) is 44.3 Å². The van der Waals surface area contributed by atoms with E-state index in [-0.39, 0.29) is 23.8 Å². The molecule has 0 heterocycles. The summed E-state index contributed by atoms with van der Waals surface area (Å²) in [5, 5.41) is 3.60. The van der Waals surface area contributed by atoms with Crippen molar-refractivity contribution in [3.8, 4) is 0 Å². The van der Waals surface area contributed by atoms with Gasteiger partial charge in [0.1, 0.15) is 12.6 Å². The number of hydrogen-bond donors (Lipinski definition) is 1. The van der Waals surface area contributed by atoms with Gasteiger partial charge < -0.3 is 10.2 Å². The van der Waals surface area contributed by atoms with Gasteiger partial charge >= 0.3 is 0 Å². The number of hydrogen-bond acceptors (Lipinski definition) is 4. The molecule has 4 aromatic rings. The molecule has 10 heteroatoms. The van der Waals surface area contributed by atoms with Crippen LogP contribution in [0.3, 0.4) is 0 Å². The highest BCUT2D eigenvalue weighted by Crippen LogP contribution is 2.27. The van der Waals surface area contributed by atoms with E-state index in [2.05, 4.69) is 5.32 Å². The average molecular weight is 653 g/mol. The molecule has 7 nitrogen and oxygen atoms in total. The van der Waals surface area contributed by atoms with E-state index in [9.17, 15) is 18.0 Å². The zero-order chi connectivity index (χ0) is 31.9. The predicted molar refractivity (Wildman–Crippen MR) is 177 cm³/mol. The van der Waals surface area contributed by atoms with Crippen molar-refractivity contribution in [3.63, 3.8) is 0 Å². The largest absolute Gasteiger partial charge is 0.355 e. The molecule has 4 aromatic carbocycles. The number of likely N-dealkylation sites (N-methyl/N-ethyl adjacent to an activating group) is 1. The molecule has 0 unspecified atom stereocenters. The number of nitrogens with zero attached hydrogens (tertiary/aromatic N) is 2. The zero-order valence-corrected chi connectivity index (χ0v) is 27.2. The molecule has 0 saturated carbocycles. The van der Waals surface area contributed by atoms with Gasteiger partial charge in [-0.05, 0) is 68.3 Å². The minimum Gasteiger partial charge on any atom is -0.355 e. The first-order valence-corrected chi connectivity index (χ1v) is 16.4. The van der Waals surface area contributed by atoms with Crippen LogP contribution in [0.15, 0.2) is 102 Å². The highest BCUT2D eigenvalue weighted by Gasteiger charge is 2.34. The Bertz CT molecular complexity index is 1700. The van der Waals surface area contributed by atoms with Gasteiger partial charge in [-0.3, -0.25) is 13.9 Å². The summed E-state index contributed by atoms with van der Waals surface area (Å²) in [7, 11) is -4.17. The maximum absolute atomic E-state index is 14.4. The van der Waals surface area contributed by atoms with Crippen LogP contribution in [-0.2, 0) is 32.6 Å². The molecule has 0 fully saturated rings. The summed E-state index contributed by atoms with van der Waals surface area (Å²) < 4.78 is 29.2. The van der Waals surface area contributed by atoms with Crippen LogP contribution in [0.5, 0.6) is 0 Å². The monoisotopic (exact) mass is 651 g/mol. The molecule has 0 aliphatic heterocycles. The minimum atomic E-state index is -4.17. The van der Waals surface area contributed by atoms with Crippen LogP contribution in [0.1, 0.15) is 29.2 Å². The normalized spacial score (nSPS) is 11.9. The molecule has 1 atom stereocenters. The Morgan fingerprint density at radius 1 is 0.841 bits per heavy atom. The molecular weight excluding hydrogens is 617 g/mol. The number of nitrogens with one attached hydrogen (secondary N) is 1. The van der Waals surface area contributed by atoms with Crippen molar-refractivity contribution in [1.29, 1.82) is 0 Å². The molecule has 0 aliphatic rings. The molecule has 2 amide bonds. The molecule has 0 aliphatic carbocycles. The second-order valence-corrected chi connectivity index (χ2v) is 13.2. The summed E-state index contributed by atoms with van der Waals surface area (Å²) >= 11 is 12.7. The van der Waals surface area contributed by atoms with E-state index in [0.717, 1.165) is 21.0 Å². The summed E-state index contributed by atoms with van der Waals surface area (Å²) in [5.74, 6) is -0.933. The molecule has 0 spiro atoms. The number of anilines is 1. The number of carbonyl (C=O) groups is 2. The Balaban J connectivity index is 1.81. The SMILES string of the molecule is CCNC(=O)[C@@H](Cc1ccccc1)N(Cc1ccc(Cl)cc1Cl)C(=O)CN(c1ccc(C)cc1)S(=O)(=O)c1ccc(C)cc1. The van der Waals surface area contributed by atoms with E-state index in [1.165, 1.54) is 17.0 Å². The lowest BCUT2D eigenvalue weighted by molar-refractivity contribution is -0.140. The quantitative estimate of drug-likeness (QED) is 0.187. The Morgan fingerprint density at radius 3 is 2.05 bits per heavy atom. The molecule has 1 N–H and O–H groups in total. The smallest absolute Gasteiger partial charge is 0.264 e. The first kappa shape index (κ1) is 33.1. The third-order valence-electron chi connectivity index (χ3n) is 7.19. The molecule has 4 rings (SSSR count). The minimum absolute atomic E-state index is 0.0458. The highest BCUT2D eigenvalue weighted by molar-refractivity contribution is 7.92. The maximum atomic E-state index is 14.4. The number of amides is 2. The number of benzene rings is 4. The maximum Gasteiger partial charge on any atom is 0.264 e. The van der Waals surface area contributed by atoms with E-state index in [1.54, 1.807) is 61.5 Å². The summed E-state index contributed by atoms with van der Waals surface area (Å²) in [6.07, 6.45) is 0.207. The Kier molecular flexibility index (Phi) is 11.1. The van der Waals surface area contributed by atoms with Crippen molar-refractivity contribution in [3.05, 3.63) is 129 Å². The van der Waals surface area contributed by atoms with Crippen LogP contribution in [0.2, 0.25) is 10.0 Å². The highest BCUT2D eigenvalue weighted by atomic mass is 35.5. The van der Waals surface area contributed by atoms with Gasteiger partial charge in [-0.2, -0.15) is 0 Å². The summed E-state index contributed by atoms with van der Waals surface area (Å²) in [5.41, 5.74) is 3.57. The molecule has 0 bridgehead atoms. The van der Waals surface area contributed by atoms with Crippen LogP contribution in [0.25, 0.3) is 0 Å². The zero-order valence-electron chi connectivity index (χ0n) is 24.8. The number of sulfonamides is 1. The molecule has 44 heavy (non-hydrogen) atoms. The van der Waals surface area contributed by atoms with E-state index in [4.69, 9.17) is 23.2 Å². The summed E-state index contributed by atoms with van der Waals surface area (Å²) in [6.45, 7) is 5.32. The fourth-order valence-electron chi connectivity index (χ4n) is 4.76. The van der Waals surface area contributed by atoms with Gasteiger partial charge in [-0.15, -0.1) is 0 Å². The van der Waals surface area contributed by atoms with E-state index >= 15 is 0 Å². The van der Waals surface area contributed by atoms with E-state index in [1.807, 2.05) is 44.2 Å². The number of halogens is 2. The van der Waals surface area contributed by atoms with Crippen LogP contribution >= 0.6 is 23.2 Å². The fraction of sp³-hybridized carbons (Fsp3) is 0.235. The average Bonchev–Trinajstić information content (AvgIpc) is 3.00. The second kappa shape index (κ2) is 14.8. The van der Waals surface area contributed by atoms with Gasteiger partial charge in [0.15, 0.2) is 0 Å². The van der Waals surface area contributed by atoms with E-state index < -0.39 is 28.5 Å². The van der Waals surface area contributed by atoms with Gasteiger partial charge in [0, 0.05) is 29.6 Å². The number of rotatable bonds is 12. The van der Waals surface area contributed by atoms with Crippen molar-refractivity contribution in [2.75, 3.05) is 17.4 Å². The van der Waals surface area contributed by atoms with Crippen molar-refractivity contribution < 1.29 is 18.0 Å². The second-order valence-electron chi connectivity index (χ2n) is 10.5. The van der Waals surface area contributed by atoms with Crippen molar-refractivity contribution in [2.45, 2.75) is 44.7 Å². The fourth-order valence-corrected chi connectivity index (χ4v) is 6.64. The van der Waals surface area contributed by atoms with Crippen LogP contribution in [0, 0.1) is 13.8 Å². The van der Waals surface area contributed by atoms with Gasteiger partial charge in [0.2, 0.25) is 11.8 Å². The lowest BCUT2D eigenvalue weighted by atomic mass is 10.0. The topological polar surface area (TPSA) is 86.8 Å². The Hall–Kier alpha value is -3.85. The number of carbonyl (C=O) groups excluding carboxylic acids is 2. The molecule has 230 valence electrons. The first-order chi connectivity index (χ1) is 21.0. The lowest BCUT2D eigenvalue weighted by Crippen LogP contribution is -2.53. The molecular formula is C34H35Cl2N3O4S. The Morgan fingerprint density at radius 2 is 1.45 bits per heavy atom. The van der Waals surface area contributed by atoms with Gasteiger partial charge in [0.25, 0.3) is 10.0 Å². The summed E-state index contributed by atoms with van der Waals surface area (Å²) in [4.78, 5) is 29.4. The van der Waals surface area contributed by atoms with Crippen LogP contribution in [0.4, 0.5) is 5.69 Å². The predicted octanol–water partition coefficient (Wildman–Crippen LogP) is 6.58. The van der Waals surface area contributed by atoms with Crippen molar-refractivity contribution >= 4 is 50.7 Å². The standard InChI is InChI=1S/C34H35Cl2N3O4S/c1-4-37-34(41)32(20-26-8-6-5-7-9-26)38(22-27-14-15-28(35)21-31(27)36)33(40)23-39(29-16-10-24(2)11-17-29)44(42,43)30-18-12-25(3)13-19-30/h5-19,21,32H,4,20,22-23H2,1-3H3,(H,37,41)/t32-/m1/s1. The van der Waals surface area contributed by atoms with Gasteiger partial charge in [0.05, 0.1) is 10.6 Å². The van der Waals surface area contributed by atoms with Crippen molar-refractivity contribution in [1.82, 2.24) is 10.2 Å². The molecule has 0 radical (unpaired) electrons. The first-order valence-electron chi connectivity index (χ1n) is 14.2. The van der Waals surface area contributed by atoms with Gasteiger partial charge in [-0.25, -0.2) is 8.42 Å². The third-order valence-corrected chi connectivity index (χ3v) is 9.56. The number of aryl methyl sites for hydroxylation is 2. The van der Waals surface area contributed by atoms with Crippen molar-refractivity contribution in [2.24, 2.45) is 0 Å². The van der Waals surface area contributed by atoms with E-state index in [0.29, 0.717) is 27.8 Å². The molecule has 0 aromatic heterocycles. The summed E-state index contributed by atoms with van der Waals surface area (Å²) in [6, 6.07) is 26.7. The lowest BCUT2D eigenvalue weighted by Gasteiger charge is -2.34. The Labute approximate surface area is 269 Å². The third kappa shape index (κ3) is 8.20. The van der Waals surface area contributed by atoms with Gasteiger partial charge in [-0.1, -0.05) is 95.0 Å². The molecule has 0 saturated heterocycles.